The van der Waals surface area contributed by atoms with Gasteiger partial charge in [0.2, 0.25) is 0 Å². The lowest BCUT2D eigenvalue weighted by molar-refractivity contribution is 0.418. The summed E-state index contributed by atoms with van der Waals surface area (Å²) in [7, 11) is 0. The first-order chi connectivity index (χ1) is 8.93. The van der Waals surface area contributed by atoms with Crippen molar-refractivity contribution in [3.63, 3.8) is 0 Å². The van der Waals surface area contributed by atoms with E-state index in [1.807, 2.05) is 13.0 Å². The Labute approximate surface area is 115 Å². The molecule has 1 saturated heterocycles. The van der Waals surface area contributed by atoms with Crippen LogP contribution in [0.25, 0.3) is 0 Å². The zero-order valence-corrected chi connectivity index (χ0v) is 12.2. The summed E-state index contributed by atoms with van der Waals surface area (Å²) in [6.07, 6.45) is 2.65. The number of halogens is 1. The predicted molar refractivity (Wildman–Crippen MR) is 79.0 cm³/mol. The van der Waals surface area contributed by atoms with Crippen molar-refractivity contribution in [1.82, 2.24) is 0 Å². The van der Waals surface area contributed by atoms with Gasteiger partial charge in [-0.15, -0.1) is 0 Å². The fraction of sp³-hybridized carbons (Fsp3) is 0.625. The van der Waals surface area contributed by atoms with E-state index < -0.39 is 0 Å². The number of hydrogen-bond acceptors (Lipinski definition) is 2. The average Bonchev–Trinajstić information content (AvgIpc) is 2.72. The molecule has 2 nitrogen and oxygen atoms in total. The second-order valence-electron chi connectivity index (χ2n) is 6.45. The van der Waals surface area contributed by atoms with Gasteiger partial charge in [-0.1, -0.05) is 26.8 Å². The van der Waals surface area contributed by atoms with Crippen LogP contribution in [0.15, 0.2) is 18.2 Å². The van der Waals surface area contributed by atoms with Gasteiger partial charge in [-0.05, 0) is 36.8 Å². The van der Waals surface area contributed by atoms with Gasteiger partial charge in [0.15, 0.2) is 0 Å². The van der Waals surface area contributed by atoms with Crippen LogP contribution < -0.4 is 10.6 Å². The minimum absolute atomic E-state index is 0.0336. The molecule has 0 aliphatic carbocycles. The molecule has 19 heavy (non-hydrogen) atoms. The van der Waals surface area contributed by atoms with E-state index in [4.69, 9.17) is 5.73 Å². The molecule has 0 saturated carbocycles. The van der Waals surface area contributed by atoms with Crippen LogP contribution in [0.4, 0.5) is 10.1 Å². The quantitative estimate of drug-likeness (QED) is 0.903. The van der Waals surface area contributed by atoms with E-state index in [1.165, 1.54) is 0 Å². The standard InChI is InChI=1S/C16H25FN2/c1-4-12(18)10-13-14(17)6-5-7-15(13)19-9-8-16(2,3)11-19/h5-7,12H,4,8-11,18H2,1-3H3. The van der Waals surface area contributed by atoms with E-state index in [1.54, 1.807) is 12.1 Å². The van der Waals surface area contributed by atoms with Crippen LogP contribution in [0.2, 0.25) is 0 Å². The first-order valence-electron chi connectivity index (χ1n) is 7.21. The van der Waals surface area contributed by atoms with E-state index in [-0.39, 0.29) is 11.9 Å². The third-order valence-corrected chi connectivity index (χ3v) is 4.10. The van der Waals surface area contributed by atoms with E-state index in [0.717, 1.165) is 37.2 Å². The van der Waals surface area contributed by atoms with Crippen molar-refractivity contribution in [2.24, 2.45) is 11.1 Å². The van der Waals surface area contributed by atoms with E-state index >= 15 is 0 Å². The minimum Gasteiger partial charge on any atom is -0.371 e. The highest BCUT2D eigenvalue weighted by atomic mass is 19.1. The highest BCUT2D eigenvalue weighted by Crippen LogP contribution is 2.35. The van der Waals surface area contributed by atoms with Crippen LogP contribution in [-0.2, 0) is 6.42 Å². The Morgan fingerprint density at radius 3 is 2.74 bits per heavy atom. The van der Waals surface area contributed by atoms with Crippen LogP contribution >= 0.6 is 0 Å². The zero-order chi connectivity index (χ0) is 14.0. The second kappa shape index (κ2) is 5.49. The van der Waals surface area contributed by atoms with Gasteiger partial charge in [0.1, 0.15) is 5.82 Å². The molecule has 1 aliphatic heterocycles. The summed E-state index contributed by atoms with van der Waals surface area (Å²) in [5, 5.41) is 0. The summed E-state index contributed by atoms with van der Waals surface area (Å²) in [6, 6.07) is 5.41. The molecule has 1 heterocycles. The molecule has 1 aliphatic rings. The number of nitrogens with two attached hydrogens (primary N) is 1. The molecule has 106 valence electrons. The molecular formula is C16H25FN2. The van der Waals surface area contributed by atoms with Crippen molar-refractivity contribution in [3.8, 4) is 0 Å². The van der Waals surface area contributed by atoms with Crippen molar-refractivity contribution in [2.75, 3.05) is 18.0 Å². The fourth-order valence-electron chi connectivity index (χ4n) is 2.77. The summed E-state index contributed by atoms with van der Waals surface area (Å²) in [5.41, 5.74) is 8.15. The first-order valence-corrected chi connectivity index (χ1v) is 7.21. The van der Waals surface area contributed by atoms with Crippen LogP contribution in [0.5, 0.6) is 0 Å². The van der Waals surface area contributed by atoms with E-state index in [9.17, 15) is 4.39 Å². The number of anilines is 1. The summed E-state index contributed by atoms with van der Waals surface area (Å²) in [5.74, 6) is -0.119. The van der Waals surface area contributed by atoms with Crippen molar-refractivity contribution >= 4 is 5.69 Å². The molecular weight excluding hydrogens is 239 g/mol. The lowest BCUT2D eigenvalue weighted by Gasteiger charge is -2.25. The minimum atomic E-state index is -0.119. The summed E-state index contributed by atoms with van der Waals surface area (Å²) in [4.78, 5) is 2.31. The molecule has 0 bridgehead atoms. The lowest BCUT2D eigenvalue weighted by atomic mass is 9.93. The highest BCUT2D eigenvalue weighted by molar-refractivity contribution is 5.55. The summed E-state index contributed by atoms with van der Waals surface area (Å²) >= 11 is 0. The van der Waals surface area contributed by atoms with Gasteiger partial charge in [-0.2, -0.15) is 0 Å². The van der Waals surface area contributed by atoms with Gasteiger partial charge in [0.25, 0.3) is 0 Å². The Kier molecular flexibility index (Phi) is 4.14. The van der Waals surface area contributed by atoms with Gasteiger partial charge in [0.05, 0.1) is 0 Å². The molecule has 1 aromatic carbocycles. The van der Waals surface area contributed by atoms with E-state index in [2.05, 4.69) is 18.7 Å². The molecule has 1 fully saturated rings. The molecule has 0 amide bonds. The highest BCUT2D eigenvalue weighted by Gasteiger charge is 2.30. The lowest BCUT2D eigenvalue weighted by Crippen LogP contribution is -2.27. The maximum absolute atomic E-state index is 14.1. The molecule has 3 heteroatoms. The average molecular weight is 264 g/mol. The number of nitrogens with zero attached hydrogens (tertiary/aromatic N) is 1. The van der Waals surface area contributed by atoms with Crippen LogP contribution in [0.1, 0.15) is 39.2 Å². The van der Waals surface area contributed by atoms with Crippen molar-refractivity contribution < 1.29 is 4.39 Å². The van der Waals surface area contributed by atoms with Crippen molar-refractivity contribution in [3.05, 3.63) is 29.6 Å². The van der Waals surface area contributed by atoms with Crippen molar-refractivity contribution in [1.29, 1.82) is 0 Å². The van der Waals surface area contributed by atoms with Crippen LogP contribution in [-0.4, -0.2) is 19.1 Å². The van der Waals surface area contributed by atoms with Crippen LogP contribution in [0.3, 0.4) is 0 Å². The summed E-state index contributed by atoms with van der Waals surface area (Å²) < 4.78 is 14.1. The van der Waals surface area contributed by atoms with Crippen LogP contribution in [0, 0.1) is 11.2 Å². The molecule has 1 unspecified atom stereocenters. The van der Waals surface area contributed by atoms with Gasteiger partial charge in [0, 0.05) is 30.4 Å². The molecule has 1 atom stereocenters. The Balaban J connectivity index is 2.27. The third-order valence-electron chi connectivity index (χ3n) is 4.10. The van der Waals surface area contributed by atoms with Gasteiger partial charge in [-0.3, -0.25) is 0 Å². The van der Waals surface area contributed by atoms with Gasteiger partial charge >= 0.3 is 0 Å². The maximum atomic E-state index is 14.1. The molecule has 1 aromatic rings. The monoisotopic (exact) mass is 264 g/mol. The van der Waals surface area contributed by atoms with Gasteiger partial charge < -0.3 is 10.6 Å². The molecule has 0 radical (unpaired) electrons. The largest absolute Gasteiger partial charge is 0.371 e. The topological polar surface area (TPSA) is 29.3 Å². The Bertz CT molecular complexity index is 442. The molecule has 2 rings (SSSR count). The molecule has 0 aromatic heterocycles. The number of rotatable bonds is 4. The Hall–Kier alpha value is -1.09. The maximum Gasteiger partial charge on any atom is 0.128 e. The first kappa shape index (κ1) is 14.3. The normalized spacial score (nSPS) is 19.7. The Morgan fingerprint density at radius 1 is 1.42 bits per heavy atom. The fourth-order valence-corrected chi connectivity index (χ4v) is 2.77. The second-order valence-corrected chi connectivity index (χ2v) is 6.45. The SMILES string of the molecule is CCC(N)Cc1c(F)cccc1N1CCC(C)(C)C1. The van der Waals surface area contributed by atoms with Gasteiger partial charge in [-0.25, -0.2) is 4.39 Å². The van der Waals surface area contributed by atoms with Crippen molar-refractivity contribution in [2.45, 2.75) is 46.1 Å². The number of benzene rings is 1. The number of hydrogen-bond donors (Lipinski definition) is 1. The summed E-state index contributed by atoms with van der Waals surface area (Å²) in [6.45, 7) is 8.58. The predicted octanol–water partition coefficient (Wildman–Crippen LogP) is 3.34. The third kappa shape index (κ3) is 3.27. The van der Waals surface area contributed by atoms with E-state index in [0.29, 0.717) is 11.8 Å². The Morgan fingerprint density at radius 2 is 2.16 bits per heavy atom. The molecule has 2 N–H and O–H groups in total. The smallest absolute Gasteiger partial charge is 0.128 e. The zero-order valence-electron chi connectivity index (χ0n) is 12.2. The molecule has 0 spiro atoms.